The molecule has 116 valence electrons. The van der Waals surface area contributed by atoms with E-state index in [-0.39, 0.29) is 19.3 Å². The van der Waals surface area contributed by atoms with E-state index < -0.39 is 35.1 Å². The fourth-order valence-corrected chi connectivity index (χ4v) is 1.53. The van der Waals surface area contributed by atoms with Crippen LogP contribution in [0, 0.1) is 5.92 Å². The Hall–Kier alpha value is -1.67. The van der Waals surface area contributed by atoms with Crippen LogP contribution in [0.25, 0.3) is 0 Å². The Morgan fingerprint density at radius 3 is 2.00 bits per heavy atom. The van der Waals surface area contributed by atoms with Gasteiger partial charge in [-0.3, -0.25) is 9.59 Å². The lowest BCUT2D eigenvalue weighted by molar-refractivity contribution is -0.168. The maximum atomic E-state index is 12.0. The van der Waals surface area contributed by atoms with E-state index in [2.05, 4.69) is 0 Å². The number of carboxylic acids is 2. The molecule has 0 saturated carbocycles. The molecule has 0 spiro atoms. The molecule has 0 rings (SSSR count). The number of hydrogen-bond donors (Lipinski definition) is 4. The molecule has 0 aromatic rings. The van der Waals surface area contributed by atoms with Gasteiger partial charge in [0.05, 0.1) is 5.92 Å². The molecule has 0 aromatic heterocycles. The topological polar surface area (TPSA) is 153 Å². The van der Waals surface area contributed by atoms with Crippen LogP contribution in [0.1, 0.15) is 40.0 Å². The SMILES string of the molecule is CC(C)(C)OC(=O)C(CCCC(=O)O)C(N)(N)C(=O)O. The smallest absolute Gasteiger partial charge is 0.339 e. The Labute approximate surface area is 117 Å². The molecule has 8 nitrogen and oxygen atoms in total. The Balaban J connectivity index is 5.01. The zero-order valence-electron chi connectivity index (χ0n) is 11.9. The maximum absolute atomic E-state index is 12.0. The minimum Gasteiger partial charge on any atom is -0.481 e. The van der Waals surface area contributed by atoms with Crippen molar-refractivity contribution < 1.29 is 29.3 Å². The van der Waals surface area contributed by atoms with Gasteiger partial charge in [0.2, 0.25) is 0 Å². The van der Waals surface area contributed by atoms with E-state index in [0.717, 1.165) is 0 Å². The summed E-state index contributed by atoms with van der Waals surface area (Å²) in [5, 5.41) is 17.6. The summed E-state index contributed by atoms with van der Waals surface area (Å²) >= 11 is 0. The van der Waals surface area contributed by atoms with Crippen LogP contribution in [0.5, 0.6) is 0 Å². The molecule has 0 aliphatic heterocycles. The van der Waals surface area contributed by atoms with Crippen molar-refractivity contribution in [2.45, 2.75) is 51.3 Å². The van der Waals surface area contributed by atoms with E-state index >= 15 is 0 Å². The van der Waals surface area contributed by atoms with Gasteiger partial charge in [0.25, 0.3) is 0 Å². The number of rotatable bonds is 7. The van der Waals surface area contributed by atoms with Crippen LogP contribution in [0.3, 0.4) is 0 Å². The van der Waals surface area contributed by atoms with E-state index in [4.69, 9.17) is 26.4 Å². The van der Waals surface area contributed by atoms with Crippen molar-refractivity contribution in [2.24, 2.45) is 17.4 Å². The highest BCUT2D eigenvalue weighted by atomic mass is 16.6. The maximum Gasteiger partial charge on any atom is 0.339 e. The van der Waals surface area contributed by atoms with Crippen molar-refractivity contribution in [3.63, 3.8) is 0 Å². The van der Waals surface area contributed by atoms with Gasteiger partial charge in [-0.15, -0.1) is 0 Å². The average molecular weight is 290 g/mol. The molecule has 1 unspecified atom stereocenters. The van der Waals surface area contributed by atoms with Crippen molar-refractivity contribution in [1.82, 2.24) is 0 Å². The van der Waals surface area contributed by atoms with Gasteiger partial charge in [-0.25, -0.2) is 4.79 Å². The second kappa shape index (κ2) is 6.67. The molecule has 20 heavy (non-hydrogen) atoms. The predicted octanol–water partition coefficient (Wildman–Crippen LogP) is -0.102. The summed E-state index contributed by atoms with van der Waals surface area (Å²) in [6.07, 6.45) is -0.224. The summed E-state index contributed by atoms with van der Waals surface area (Å²) < 4.78 is 5.08. The first-order chi connectivity index (χ1) is 8.88. The van der Waals surface area contributed by atoms with Crippen molar-refractivity contribution in [3.8, 4) is 0 Å². The zero-order chi connectivity index (χ0) is 16.1. The lowest BCUT2D eigenvalue weighted by Crippen LogP contribution is -2.64. The highest BCUT2D eigenvalue weighted by Crippen LogP contribution is 2.22. The highest BCUT2D eigenvalue weighted by Gasteiger charge is 2.44. The molecule has 0 aliphatic carbocycles. The van der Waals surface area contributed by atoms with Gasteiger partial charge >= 0.3 is 17.9 Å². The molecular formula is C12H22N2O6. The molecule has 6 N–H and O–H groups in total. The third-order valence-corrected chi connectivity index (χ3v) is 2.52. The van der Waals surface area contributed by atoms with Gasteiger partial charge in [0.1, 0.15) is 5.60 Å². The van der Waals surface area contributed by atoms with E-state index in [0.29, 0.717) is 0 Å². The number of carbonyl (C=O) groups is 3. The second-order valence-electron chi connectivity index (χ2n) is 5.61. The van der Waals surface area contributed by atoms with Gasteiger partial charge in [0, 0.05) is 6.42 Å². The molecule has 0 bridgehead atoms. The van der Waals surface area contributed by atoms with E-state index in [1.165, 1.54) is 0 Å². The van der Waals surface area contributed by atoms with E-state index in [9.17, 15) is 14.4 Å². The minimum atomic E-state index is -2.30. The van der Waals surface area contributed by atoms with Crippen molar-refractivity contribution in [3.05, 3.63) is 0 Å². The summed E-state index contributed by atoms with van der Waals surface area (Å²) in [7, 11) is 0. The fraction of sp³-hybridized carbons (Fsp3) is 0.750. The van der Waals surface area contributed by atoms with Crippen LogP contribution in [-0.2, 0) is 19.1 Å². The van der Waals surface area contributed by atoms with Crippen LogP contribution < -0.4 is 11.5 Å². The monoisotopic (exact) mass is 290 g/mol. The van der Waals surface area contributed by atoms with Crippen LogP contribution >= 0.6 is 0 Å². The first kappa shape index (κ1) is 18.3. The summed E-state index contributed by atoms with van der Waals surface area (Å²) in [5.74, 6) is -4.78. The third kappa shape index (κ3) is 5.98. The summed E-state index contributed by atoms with van der Waals surface area (Å²) in [5.41, 5.74) is 7.81. The molecule has 1 atom stereocenters. The van der Waals surface area contributed by atoms with Crippen molar-refractivity contribution >= 4 is 17.9 Å². The Kier molecular flexibility index (Phi) is 6.11. The minimum absolute atomic E-state index is 0.0721. The first-order valence-electron chi connectivity index (χ1n) is 6.13. The number of esters is 1. The van der Waals surface area contributed by atoms with E-state index in [1.54, 1.807) is 20.8 Å². The van der Waals surface area contributed by atoms with E-state index in [1.807, 2.05) is 0 Å². The zero-order valence-corrected chi connectivity index (χ0v) is 11.9. The van der Waals surface area contributed by atoms with Gasteiger partial charge in [0.15, 0.2) is 5.66 Å². The van der Waals surface area contributed by atoms with Crippen LogP contribution in [0.2, 0.25) is 0 Å². The Morgan fingerprint density at radius 2 is 1.65 bits per heavy atom. The van der Waals surface area contributed by atoms with Crippen LogP contribution in [0.4, 0.5) is 0 Å². The molecule has 0 amide bonds. The number of carboxylic acid groups (broad SMARTS) is 2. The van der Waals surface area contributed by atoms with Crippen molar-refractivity contribution in [2.75, 3.05) is 0 Å². The quantitative estimate of drug-likeness (QED) is 0.374. The number of carbonyl (C=O) groups excluding carboxylic acids is 1. The average Bonchev–Trinajstić information content (AvgIpc) is 2.20. The molecule has 0 fully saturated rings. The lowest BCUT2D eigenvalue weighted by atomic mass is 9.88. The second-order valence-corrected chi connectivity index (χ2v) is 5.61. The third-order valence-electron chi connectivity index (χ3n) is 2.52. The largest absolute Gasteiger partial charge is 0.481 e. The molecule has 0 aliphatic rings. The summed E-state index contributed by atoms with van der Waals surface area (Å²) in [6.45, 7) is 4.86. The normalized spacial score (nSPS) is 13.7. The number of ether oxygens (including phenoxy) is 1. The van der Waals surface area contributed by atoms with Crippen molar-refractivity contribution in [1.29, 1.82) is 0 Å². The summed E-state index contributed by atoms with van der Waals surface area (Å²) in [6, 6.07) is 0. The number of aliphatic carboxylic acids is 2. The highest BCUT2D eigenvalue weighted by molar-refractivity contribution is 5.86. The molecule has 0 heterocycles. The van der Waals surface area contributed by atoms with Gasteiger partial charge in [-0.05, 0) is 33.6 Å². The number of hydrogen-bond acceptors (Lipinski definition) is 6. The molecule has 0 aromatic carbocycles. The predicted molar refractivity (Wildman–Crippen MR) is 69.6 cm³/mol. The van der Waals surface area contributed by atoms with Gasteiger partial charge in [-0.2, -0.15) is 0 Å². The molecular weight excluding hydrogens is 268 g/mol. The Bertz CT molecular complexity index is 386. The first-order valence-corrected chi connectivity index (χ1v) is 6.13. The molecule has 0 saturated heterocycles. The van der Waals surface area contributed by atoms with Gasteiger partial charge in [-0.1, -0.05) is 0 Å². The Morgan fingerprint density at radius 1 is 1.15 bits per heavy atom. The standard InChI is InChI=1S/C12H22N2O6/c1-11(2,3)20-9(17)7(5-4-6-8(15)16)12(13,14)10(18)19/h7H,4-6,13-14H2,1-3H3,(H,15,16)(H,18,19). The fourth-order valence-electron chi connectivity index (χ4n) is 1.53. The van der Waals surface area contributed by atoms with Gasteiger partial charge < -0.3 is 26.4 Å². The molecule has 8 heteroatoms. The summed E-state index contributed by atoms with van der Waals surface area (Å²) in [4.78, 5) is 33.5. The van der Waals surface area contributed by atoms with Crippen LogP contribution in [0.15, 0.2) is 0 Å². The number of nitrogens with two attached hydrogens (primary N) is 2. The van der Waals surface area contributed by atoms with Crippen LogP contribution in [-0.4, -0.2) is 39.4 Å². The lowest BCUT2D eigenvalue weighted by Gasteiger charge is -2.31. The molecule has 0 radical (unpaired) electrons.